The molecule has 19 heavy (non-hydrogen) atoms. The molecule has 4 heteroatoms. The van der Waals surface area contributed by atoms with Crippen molar-refractivity contribution in [3.05, 3.63) is 53.1 Å². The molecule has 0 amide bonds. The average Bonchev–Trinajstić information content (AvgIpc) is 2.46. The van der Waals surface area contributed by atoms with E-state index < -0.39 is 0 Å². The molecule has 2 aromatic carbocycles. The van der Waals surface area contributed by atoms with Gasteiger partial charge in [0.1, 0.15) is 5.75 Å². The van der Waals surface area contributed by atoms with Crippen molar-refractivity contribution in [2.24, 2.45) is 0 Å². The third-order valence-corrected chi connectivity index (χ3v) is 3.19. The summed E-state index contributed by atoms with van der Waals surface area (Å²) in [5.41, 5.74) is 2.28. The first-order chi connectivity index (χ1) is 9.17. The molecule has 0 aliphatic rings. The highest BCUT2D eigenvalue weighted by atomic mass is 35.5. The molecule has 0 N–H and O–H groups in total. The predicted octanol–water partition coefficient (Wildman–Crippen LogP) is 3.99. The molecule has 96 valence electrons. The van der Waals surface area contributed by atoms with E-state index in [4.69, 9.17) is 21.6 Å². The van der Waals surface area contributed by atoms with E-state index in [-0.39, 0.29) is 0 Å². The quantitative estimate of drug-likeness (QED) is 0.848. The molecule has 0 atom stereocenters. The SMILES string of the molecule is COc1ccccc1N(C)c1ccc(C#N)cc1Cl. The second kappa shape index (κ2) is 5.64. The van der Waals surface area contributed by atoms with E-state index in [2.05, 4.69) is 6.07 Å². The Morgan fingerprint density at radius 2 is 1.89 bits per heavy atom. The first kappa shape index (κ1) is 13.3. The van der Waals surface area contributed by atoms with Crippen molar-refractivity contribution < 1.29 is 4.74 Å². The highest BCUT2D eigenvalue weighted by molar-refractivity contribution is 6.33. The molecule has 0 radical (unpaired) electrons. The molecule has 0 fully saturated rings. The van der Waals surface area contributed by atoms with Crippen LogP contribution in [0.25, 0.3) is 0 Å². The smallest absolute Gasteiger partial charge is 0.142 e. The van der Waals surface area contributed by atoms with E-state index in [1.54, 1.807) is 19.2 Å². The number of hydrogen-bond donors (Lipinski definition) is 0. The minimum absolute atomic E-state index is 0.535. The topological polar surface area (TPSA) is 36.3 Å². The highest BCUT2D eigenvalue weighted by Gasteiger charge is 2.12. The number of halogens is 1. The molecule has 2 rings (SSSR count). The molecule has 3 nitrogen and oxygen atoms in total. The summed E-state index contributed by atoms with van der Waals surface area (Å²) in [4.78, 5) is 1.93. The molecule has 0 heterocycles. The van der Waals surface area contributed by atoms with E-state index in [1.807, 2.05) is 42.3 Å². The zero-order valence-electron chi connectivity index (χ0n) is 10.7. The standard InChI is InChI=1S/C15H13ClN2O/c1-18(14-5-3-4-6-15(14)19-2)13-8-7-11(10-17)9-12(13)16/h3-9H,1-2H3. The second-order valence-corrected chi connectivity index (χ2v) is 4.42. The number of methoxy groups -OCH3 is 1. The molecule has 0 aliphatic heterocycles. The van der Waals surface area contributed by atoms with Crippen molar-refractivity contribution in [2.75, 3.05) is 19.1 Å². The maximum absolute atomic E-state index is 8.85. The zero-order chi connectivity index (χ0) is 13.8. The molecule has 0 bridgehead atoms. The molecular weight excluding hydrogens is 260 g/mol. The van der Waals surface area contributed by atoms with Gasteiger partial charge in [-0.25, -0.2) is 0 Å². The molecule has 0 aromatic heterocycles. The molecule has 0 saturated heterocycles. The van der Waals surface area contributed by atoms with Gasteiger partial charge in [0.15, 0.2) is 0 Å². The van der Waals surface area contributed by atoms with Crippen molar-refractivity contribution in [1.29, 1.82) is 5.26 Å². The third-order valence-electron chi connectivity index (χ3n) is 2.88. The van der Waals surface area contributed by atoms with Crippen LogP contribution in [0.3, 0.4) is 0 Å². The molecule has 2 aromatic rings. The number of rotatable bonds is 3. The Bertz CT molecular complexity index is 634. The largest absolute Gasteiger partial charge is 0.495 e. The fourth-order valence-corrected chi connectivity index (χ4v) is 2.19. The lowest BCUT2D eigenvalue weighted by atomic mass is 10.2. The molecule has 0 spiro atoms. The van der Waals surface area contributed by atoms with Crippen LogP contribution in [0.5, 0.6) is 5.75 Å². The maximum Gasteiger partial charge on any atom is 0.142 e. The fraction of sp³-hybridized carbons (Fsp3) is 0.133. The van der Waals surface area contributed by atoms with E-state index >= 15 is 0 Å². The van der Waals surface area contributed by atoms with Gasteiger partial charge >= 0.3 is 0 Å². The van der Waals surface area contributed by atoms with Gasteiger partial charge in [-0.1, -0.05) is 23.7 Å². The van der Waals surface area contributed by atoms with Crippen LogP contribution in [0.2, 0.25) is 5.02 Å². The Morgan fingerprint density at radius 1 is 1.16 bits per heavy atom. The Morgan fingerprint density at radius 3 is 2.53 bits per heavy atom. The maximum atomic E-state index is 8.85. The van der Waals surface area contributed by atoms with Crippen LogP contribution >= 0.6 is 11.6 Å². The normalized spacial score (nSPS) is 9.79. The Balaban J connectivity index is 2.44. The van der Waals surface area contributed by atoms with Crippen molar-refractivity contribution in [1.82, 2.24) is 0 Å². The van der Waals surface area contributed by atoms with Gasteiger partial charge in [-0.2, -0.15) is 5.26 Å². The summed E-state index contributed by atoms with van der Waals surface area (Å²) in [6.07, 6.45) is 0. The summed E-state index contributed by atoms with van der Waals surface area (Å²) in [5.74, 6) is 0.769. The summed E-state index contributed by atoms with van der Waals surface area (Å²) in [5, 5.41) is 9.38. The van der Waals surface area contributed by atoms with Gasteiger partial charge in [-0.05, 0) is 30.3 Å². The predicted molar refractivity (Wildman–Crippen MR) is 77.2 cm³/mol. The number of para-hydroxylation sites is 2. The number of hydrogen-bond acceptors (Lipinski definition) is 3. The minimum atomic E-state index is 0.535. The first-order valence-corrected chi connectivity index (χ1v) is 6.11. The molecule has 0 saturated carbocycles. The number of benzene rings is 2. The van der Waals surface area contributed by atoms with Crippen LogP contribution < -0.4 is 9.64 Å². The van der Waals surface area contributed by atoms with Crippen LogP contribution in [-0.4, -0.2) is 14.2 Å². The van der Waals surface area contributed by atoms with E-state index in [1.165, 1.54) is 0 Å². The van der Waals surface area contributed by atoms with E-state index in [0.717, 1.165) is 17.1 Å². The van der Waals surface area contributed by atoms with Gasteiger partial charge in [0.2, 0.25) is 0 Å². The summed E-state index contributed by atoms with van der Waals surface area (Å²) in [6, 6.07) is 15.0. The molecule has 0 unspecified atom stereocenters. The van der Waals surface area contributed by atoms with E-state index in [0.29, 0.717) is 10.6 Å². The van der Waals surface area contributed by atoms with Crippen molar-refractivity contribution in [3.63, 3.8) is 0 Å². The Hall–Kier alpha value is -2.18. The van der Waals surface area contributed by atoms with Crippen LogP contribution in [0.1, 0.15) is 5.56 Å². The van der Waals surface area contributed by atoms with Crippen LogP contribution in [0, 0.1) is 11.3 Å². The monoisotopic (exact) mass is 272 g/mol. The van der Waals surface area contributed by atoms with Crippen LogP contribution in [0.15, 0.2) is 42.5 Å². The number of ether oxygens (including phenoxy) is 1. The van der Waals surface area contributed by atoms with Gasteiger partial charge in [0.25, 0.3) is 0 Å². The van der Waals surface area contributed by atoms with Crippen molar-refractivity contribution in [3.8, 4) is 11.8 Å². The third kappa shape index (κ3) is 2.64. The Kier molecular flexibility index (Phi) is 3.94. The minimum Gasteiger partial charge on any atom is -0.495 e. The Labute approximate surface area is 117 Å². The van der Waals surface area contributed by atoms with Gasteiger partial charge in [-0.15, -0.1) is 0 Å². The van der Waals surface area contributed by atoms with Gasteiger partial charge in [0.05, 0.1) is 35.1 Å². The zero-order valence-corrected chi connectivity index (χ0v) is 11.5. The van der Waals surface area contributed by atoms with Crippen LogP contribution in [-0.2, 0) is 0 Å². The highest BCUT2D eigenvalue weighted by Crippen LogP contribution is 2.36. The lowest BCUT2D eigenvalue weighted by Crippen LogP contribution is -2.11. The van der Waals surface area contributed by atoms with Gasteiger partial charge < -0.3 is 9.64 Å². The summed E-state index contributed by atoms with van der Waals surface area (Å²) in [6.45, 7) is 0. The van der Waals surface area contributed by atoms with E-state index in [9.17, 15) is 0 Å². The molecular formula is C15H13ClN2O. The summed E-state index contributed by atoms with van der Waals surface area (Å²) < 4.78 is 5.34. The second-order valence-electron chi connectivity index (χ2n) is 4.01. The van der Waals surface area contributed by atoms with Gasteiger partial charge in [0, 0.05) is 7.05 Å². The molecule has 0 aliphatic carbocycles. The number of anilines is 2. The van der Waals surface area contributed by atoms with Gasteiger partial charge in [-0.3, -0.25) is 0 Å². The first-order valence-electron chi connectivity index (χ1n) is 5.73. The lowest BCUT2D eigenvalue weighted by Gasteiger charge is -2.22. The van der Waals surface area contributed by atoms with Crippen molar-refractivity contribution >= 4 is 23.0 Å². The fourth-order valence-electron chi connectivity index (χ4n) is 1.89. The van der Waals surface area contributed by atoms with Crippen LogP contribution in [0.4, 0.5) is 11.4 Å². The average molecular weight is 273 g/mol. The summed E-state index contributed by atoms with van der Waals surface area (Å²) in [7, 11) is 3.54. The number of nitrogens with zero attached hydrogens (tertiary/aromatic N) is 2. The lowest BCUT2D eigenvalue weighted by molar-refractivity contribution is 0.415. The van der Waals surface area contributed by atoms with Crippen molar-refractivity contribution in [2.45, 2.75) is 0 Å². The number of nitriles is 1. The summed E-state index contributed by atoms with van der Waals surface area (Å²) >= 11 is 6.21.